The number of alkyl carbamates (subject to hydrolysis) is 1. The summed E-state index contributed by atoms with van der Waals surface area (Å²) in [7, 11) is 0. The third-order valence-corrected chi connectivity index (χ3v) is 3.48. The molecule has 0 fully saturated rings. The first-order valence-corrected chi connectivity index (χ1v) is 7.83. The van der Waals surface area contributed by atoms with E-state index in [2.05, 4.69) is 5.32 Å². The maximum atomic E-state index is 13.1. The molecule has 0 aliphatic heterocycles. The molecule has 142 valence electrons. The van der Waals surface area contributed by atoms with Gasteiger partial charge in [-0.1, -0.05) is 48.6 Å². The van der Waals surface area contributed by atoms with Crippen LogP contribution in [-0.2, 0) is 17.5 Å². The Morgan fingerprint density at radius 1 is 1.11 bits per heavy atom. The van der Waals surface area contributed by atoms with Gasteiger partial charge in [-0.15, -0.1) is 0 Å². The SMILES string of the molecule is O=C(NCC=Cc1ccc(C(=O)O)cc1C(F)(F)F)OCc1ccccc1. The lowest BCUT2D eigenvalue weighted by Crippen LogP contribution is -2.24. The monoisotopic (exact) mass is 379 g/mol. The van der Waals surface area contributed by atoms with E-state index in [1.807, 2.05) is 6.07 Å². The fraction of sp³-hybridized carbons (Fsp3) is 0.158. The molecule has 0 aliphatic rings. The summed E-state index contributed by atoms with van der Waals surface area (Å²) < 4.78 is 44.2. The average Bonchev–Trinajstić information content (AvgIpc) is 2.63. The number of carbonyl (C=O) groups excluding carboxylic acids is 1. The molecule has 2 rings (SSSR count). The van der Waals surface area contributed by atoms with Gasteiger partial charge in [0.1, 0.15) is 6.61 Å². The molecular formula is C19H16F3NO4. The first-order valence-electron chi connectivity index (χ1n) is 7.83. The molecule has 0 aromatic heterocycles. The molecule has 2 aromatic rings. The Morgan fingerprint density at radius 2 is 1.81 bits per heavy atom. The lowest BCUT2D eigenvalue weighted by atomic mass is 10.0. The molecule has 1 amide bonds. The third kappa shape index (κ3) is 6.18. The van der Waals surface area contributed by atoms with Gasteiger partial charge in [0, 0.05) is 6.54 Å². The van der Waals surface area contributed by atoms with Crippen molar-refractivity contribution in [3.63, 3.8) is 0 Å². The van der Waals surface area contributed by atoms with E-state index in [9.17, 15) is 22.8 Å². The summed E-state index contributed by atoms with van der Waals surface area (Å²) in [5.74, 6) is -1.45. The van der Waals surface area contributed by atoms with Crippen LogP contribution >= 0.6 is 0 Å². The molecule has 2 N–H and O–H groups in total. The van der Waals surface area contributed by atoms with Gasteiger partial charge in [-0.05, 0) is 23.3 Å². The molecule has 0 spiro atoms. The van der Waals surface area contributed by atoms with E-state index in [4.69, 9.17) is 9.84 Å². The number of aromatic carboxylic acids is 1. The molecule has 27 heavy (non-hydrogen) atoms. The number of amides is 1. The molecule has 0 heterocycles. The van der Waals surface area contributed by atoms with Crippen LogP contribution in [0.25, 0.3) is 6.08 Å². The smallest absolute Gasteiger partial charge is 0.417 e. The van der Waals surface area contributed by atoms with Crippen molar-refractivity contribution in [3.05, 3.63) is 76.9 Å². The highest BCUT2D eigenvalue weighted by Crippen LogP contribution is 2.33. The van der Waals surface area contributed by atoms with E-state index in [1.54, 1.807) is 24.3 Å². The van der Waals surface area contributed by atoms with E-state index in [0.717, 1.165) is 23.8 Å². The second-order valence-electron chi connectivity index (χ2n) is 5.45. The normalized spacial score (nSPS) is 11.4. The molecule has 5 nitrogen and oxygen atoms in total. The van der Waals surface area contributed by atoms with Crippen LogP contribution in [0.4, 0.5) is 18.0 Å². The summed E-state index contributed by atoms with van der Waals surface area (Å²) in [6.07, 6.45) is -2.94. The first-order chi connectivity index (χ1) is 12.8. The Bertz CT molecular complexity index is 833. The second-order valence-corrected chi connectivity index (χ2v) is 5.45. The molecular weight excluding hydrogens is 363 g/mol. The van der Waals surface area contributed by atoms with Crippen molar-refractivity contribution in [3.8, 4) is 0 Å². The number of carboxylic acid groups (broad SMARTS) is 1. The maximum absolute atomic E-state index is 13.1. The molecule has 0 saturated heterocycles. The van der Waals surface area contributed by atoms with Crippen molar-refractivity contribution in [2.75, 3.05) is 6.54 Å². The van der Waals surface area contributed by atoms with E-state index in [0.29, 0.717) is 6.07 Å². The first kappa shape index (κ1) is 20.0. The van der Waals surface area contributed by atoms with Crippen molar-refractivity contribution >= 4 is 18.1 Å². The number of carboxylic acids is 1. The highest BCUT2D eigenvalue weighted by atomic mass is 19.4. The zero-order valence-corrected chi connectivity index (χ0v) is 14.0. The minimum absolute atomic E-state index is 0.0500. The quantitative estimate of drug-likeness (QED) is 0.783. The van der Waals surface area contributed by atoms with Gasteiger partial charge in [-0.3, -0.25) is 0 Å². The van der Waals surface area contributed by atoms with Gasteiger partial charge in [0.2, 0.25) is 0 Å². The Balaban J connectivity index is 1.93. The minimum Gasteiger partial charge on any atom is -0.478 e. The van der Waals surface area contributed by atoms with Crippen molar-refractivity contribution in [2.45, 2.75) is 12.8 Å². The number of benzene rings is 2. The molecule has 2 aromatic carbocycles. The zero-order valence-electron chi connectivity index (χ0n) is 14.0. The van der Waals surface area contributed by atoms with Crippen molar-refractivity contribution in [1.82, 2.24) is 5.32 Å². The summed E-state index contributed by atoms with van der Waals surface area (Å²) >= 11 is 0. The molecule has 0 unspecified atom stereocenters. The molecule has 8 heteroatoms. The number of ether oxygens (including phenoxy) is 1. The standard InChI is InChI=1S/C19H16F3NO4/c20-19(21,22)16-11-15(17(24)25)9-8-14(16)7-4-10-23-18(26)27-12-13-5-2-1-3-6-13/h1-9,11H,10,12H2,(H,23,26)(H,24,25). The maximum Gasteiger partial charge on any atom is 0.417 e. The number of nitrogens with one attached hydrogen (secondary N) is 1. The molecule has 0 radical (unpaired) electrons. The lowest BCUT2D eigenvalue weighted by Gasteiger charge is -2.11. The zero-order chi connectivity index (χ0) is 19.9. The van der Waals surface area contributed by atoms with Crippen LogP contribution in [0.1, 0.15) is 27.0 Å². The van der Waals surface area contributed by atoms with Crippen LogP contribution in [0.3, 0.4) is 0 Å². The van der Waals surface area contributed by atoms with E-state index >= 15 is 0 Å². The highest BCUT2D eigenvalue weighted by molar-refractivity contribution is 5.88. The summed E-state index contributed by atoms with van der Waals surface area (Å²) in [5.41, 5.74) is -0.920. The number of carbonyl (C=O) groups is 2. The van der Waals surface area contributed by atoms with Gasteiger partial charge in [-0.2, -0.15) is 13.2 Å². The van der Waals surface area contributed by atoms with E-state index in [1.165, 1.54) is 6.08 Å². The van der Waals surface area contributed by atoms with E-state index < -0.39 is 29.4 Å². The predicted octanol–water partition coefficient (Wildman–Crippen LogP) is 4.34. The number of alkyl halides is 3. The number of hydrogen-bond donors (Lipinski definition) is 2. The van der Waals surface area contributed by atoms with Gasteiger partial charge < -0.3 is 15.2 Å². The largest absolute Gasteiger partial charge is 0.478 e. The van der Waals surface area contributed by atoms with Crippen LogP contribution in [0.5, 0.6) is 0 Å². The second kappa shape index (κ2) is 8.88. The van der Waals surface area contributed by atoms with Crippen LogP contribution in [-0.4, -0.2) is 23.7 Å². The van der Waals surface area contributed by atoms with Crippen LogP contribution in [0.2, 0.25) is 0 Å². The lowest BCUT2D eigenvalue weighted by molar-refractivity contribution is -0.137. The van der Waals surface area contributed by atoms with Crippen LogP contribution < -0.4 is 5.32 Å². The summed E-state index contributed by atoms with van der Waals surface area (Å²) in [5, 5.41) is 11.2. The molecule has 0 saturated carbocycles. The van der Waals surface area contributed by atoms with Gasteiger partial charge in [0.25, 0.3) is 0 Å². The summed E-state index contributed by atoms with van der Waals surface area (Å²) in [6.45, 7) is 0.0247. The fourth-order valence-corrected chi connectivity index (χ4v) is 2.18. The van der Waals surface area contributed by atoms with Crippen molar-refractivity contribution < 1.29 is 32.6 Å². The molecule has 0 aliphatic carbocycles. The number of halogens is 3. The molecule has 0 bridgehead atoms. The minimum atomic E-state index is -4.70. The Morgan fingerprint density at radius 3 is 2.44 bits per heavy atom. The Kier molecular flexibility index (Phi) is 6.59. The van der Waals surface area contributed by atoms with E-state index in [-0.39, 0.29) is 18.7 Å². The van der Waals surface area contributed by atoms with Crippen molar-refractivity contribution in [1.29, 1.82) is 0 Å². The Labute approximate surface area is 153 Å². The van der Waals surface area contributed by atoms with Gasteiger partial charge in [0.05, 0.1) is 11.1 Å². The molecule has 0 atom stereocenters. The predicted molar refractivity (Wildman–Crippen MR) is 92.1 cm³/mol. The summed E-state index contributed by atoms with van der Waals surface area (Å²) in [4.78, 5) is 22.4. The number of hydrogen-bond acceptors (Lipinski definition) is 3. The van der Waals surface area contributed by atoms with Gasteiger partial charge in [-0.25, -0.2) is 9.59 Å². The summed E-state index contributed by atoms with van der Waals surface area (Å²) in [6, 6.07) is 11.7. The average molecular weight is 379 g/mol. The van der Waals surface area contributed by atoms with Crippen molar-refractivity contribution in [2.24, 2.45) is 0 Å². The topological polar surface area (TPSA) is 75.6 Å². The fourth-order valence-electron chi connectivity index (χ4n) is 2.18. The van der Waals surface area contributed by atoms with Gasteiger partial charge in [0.15, 0.2) is 0 Å². The Hall–Kier alpha value is -3.29. The number of rotatable bonds is 6. The van der Waals surface area contributed by atoms with Crippen LogP contribution in [0, 0.1) is 0 Å². The third-order valence-electron chi connectivity index (χ3n) is 3.48. The van der Waals surface area contributed by atoms with Crippen LogP contribution in [0.15, 0.2) is 54.6 Å². The highest BCUT2D eigenvalue weighted by Gasteiger charge is 2.33. The van der Waals surface area contributed by atoms with Gasteiger partial charge >= 0.3 is 18.2 Å².